The van der Waals surface area contributed by atoms with E-state index in [9.17, 15) is 19.5 Å². The van der Waals surface area contributed by atoms with E-state index in [1.165, 1.54) is 4.90 Å². The number of aromatic nitrogens is 1. The molecule has 0 spiro atoms. The van der Waals surface area contributed by atoms with Crippen LogP contribution in [0.1, 0.15) is 35.0 Å². The minimum absolute atomic E-state index is 0.102. The highest BCUT2D eigenvalue weighted by Gasteiger charge is 2.42. The number of H-pyrrole nitrogens is 1. The zero-order valence-electron chi connectivity index (χ0n) is 11.8. The van der Waals surface area contributed by atoms with Crippen molar-refractivity contribution in [3.8, 4) is 0 Å². The van der Waals surface area contributed by atoms with E-state index in [4.69, 9.17) is 0 Å². The van der Waals surface area contributed by atoms with Gasteiger partial charge in [-0.25, -0.2) is 0 Å². The van der Waals surface area contributed by atoms with Gasteiger partial charge >= 0.3 is 5.97 Å². The quantitative estimate of drug-likeness (QED) is 0.842. The van der Waals surface area contributed by atoms with Gasteiger partial charge in [0.25, 0.3) is 11.5 Å². The number of hydrogen-bond acceptors (Lipinski definition) is 3. The molecule has 0 bridgehead atoms. The molecule has 20 heavy (non-hydrogen) atoms. The summed E-state index contributed by atoms with van der Waals surface area (Å²) in [5.74, 6) is -1.31. The number of nitrogens with zero attached hydrogens (tertiary/aromatic N) is 1. The minimum Gasteiger partial charge on any atom is -0.481 e. The Bertz CT molecular complexity index is 635. The van der Waals surface area contributed by atoms with Crippen LogP contribution >= 0.6 is 0 Å². The molecule has 6 nitrogen and oxygen atoms in total. The molecule has 1 aliphatic rings. The maximum atomic E-state index is 12.4. The van der Waals surface area contributed by atoms with E-state index >= 15 is 0 Å². The smallest absolute Gasteiger partial charge is 0.311 e. The molecule has 1 aliphatic heterocycles. The Balaban J connectivity index is 2.31. The summed E-state index contributed by atoms with van der Waals surface area (Å²) in [6.07, 6.45) is 0.400. The van der Waals surface area contributed by atoms with Crippen molar-refractivity contribution >= 4 is 11.9 Å². The number of amides is 1. The average Bonchev–Trinajstić information content (AvgIpc) is 2.72. The first-order valence-corrected chi connectivity index (χ1v) is 6.48. The number of pyridine rings is 1. The number of nitrogens with one attached hydrogen (secondary N) is 1. The van der Waals surface area contributed by atoms with Crippen LogP contribution in [0.25, 0.3) is 0 Å². The van der Waals surface area contributed by atoms with Crippen molar-refractivity contribution in [3.63, 3.8) is 0 Å². The summed E-state index contributed by atoms with van der Waals surface area (Å²) in [4.78, 5) is 39.6. The third kappa shape index (κ3) is 2.33. The Labute approximate surface area is 116 Å². The second-order valence-corrected chi connectivity index (χ2v) is 5.68. The number of carboxylic acid groups (broad SMARTS) is 1. The largest absolute Gasteiger partial charge is 0.481 e. The van der Waals surface area contributed by atoms with Gasteiger partial charge in [-0.2, -0.15) is 0 Å². The van der Waals surface area contributed by atoms with Crippen molar-refractivity contribution in [2.45, 2.75) is 27.2 Å². The molecule has 2 rings (SSSR count). The van der Waals surface area contributed by atoms with Gasteiger partial charge < -0.3 is 15.0 Å². The predicted molar refractivity (Wildman–Crippen MR) is 72.8 cm³/mol. The van der Waals surface area contributed by atoms with Crippen molar-refractivity contribution in [2.75, 3.05) is 13.1 Å². The summed E-state index contributed by atoms with van der Waals surface area (Å²) in [6.45, 7) is 5.57. The molecule has 1 saturated heterocycles. The number of carbonyl (C=O) groups excluding carboxylic acids is 1. The van der Waals surface area contributed by atoms with Crippen molar-refractivity contribution in [2.24, 2.45) is 5.41 Å². The summed E-state index contributed by atoms with van der Waals surface area (Å²) >= 11 is 0. The molecular formula is C14H18N2O4. The van der Waals surface area contributed by atoms with Crippen LogP contribution in [0.2, 0.25) is 0 Å². The zero-order valence-corrected chi connectivity index (χ0v) is 11.8. The molecule has 1 unspecified atom stereocenters. The van der Waals surface area contributed by atoms with E-state index in [1.54, 1.807) is 26.8 Å². The number of aromatic amines is 1. The fourth-order valence-corrected chi connectivity index (χ4v) is 2.59. The van der Waals surface area contributed by atoms with Crippen LogP contribution in [0.4, 0.5) is 0 Å². The molecule has 0 aliphatic carbocycles. The number of carboxylic acids is 1. The van der Waals surface area contributed by atoms with E-state index in [0.29, 0.717) is 24.2 Å². The van der Waals surface area contributed by atoms with Gasteiger partial charge in [-0.1, -0.05) is 0 Å². The summed E-state index contributed by atoms with van der Waals surface area (Å²) in [5, 5.41) is 9.18. The van der Waals surface area contributed by atoms with E-state index in [2.05, 4.69) is 4.98 Å². The Morgan fingerprint density at radius 1 is 1.40 bits per heavy atom. The van der Waals surface area contributed by atoms with Crippen LogP contribution in [0.3, 0.4) is 0 Å². The van der Waals surface area contributed by atoms with Gasteiger partial charge in [-0.3, -0.25) is 14.4 Å². The Hall–Kier alpha value is -2.11. The lowest BCUT2D eigenvalue weighted by atomic mass is 9.90. The standard InChI is InChI=1S/C14H18N2O4/c1-8-6-9(2)15-11(17)10(8)12(18)16-5-4-14(3,7-16)13(19)20/h6H,4-5,7H2,1-3H3,(H,15,17)(H,19,20). The van der Waals surface area contributed by atoms with Gasteiger partial charge in [0.2, 0.25) is 0 Å². The average molecular weight is 278 g/mol. The van der Waals surface area contributed by atoms with Gasteiger partial charge in [0, 0.05) is 18.8 Å². The second kappa shape index (κ2) is 4.77. The number of aryl methyl sites for hydroxylation is 2. The second-order valence-electron chi connectivity index (χ2n) is 5.68. The van der Waals surface area contributed by atoms with E-state index in [1.807, 2.05) is 0 Å². The highest BCUT2D eigenvalue weighted by atomic mass is 16.4. The molecule has 108 valence electrons. The first-order valence-electron chi connectivity index (χ1n) is 6.48. The van der Waals surface area contributed by atoms with Crippen molar-refractivity contribution in [3.05, 3.63) is 33.2 Å². The highest BCUT2D eigenvalue weighted by molar-refractivity contribution is 5.96. The lowest BCUT2D eigenvalue weighted by Crippen LogP contribution is -2.37. The molecule has 1 aromatic rings. The molecule has 1 fully saturated rings. The van der Waals surface area contributed by atoms with Crippen LogP contribution in [0.5, 0.6) is 0 Å². The van der Waals surface area contributed by atoms with Gasteiger partial charge in [0.15, 0.2) is 0 Å². The van der Waals surface area contributed by atoms with Crippen LogP contribution < -0.4 is 5.56 Å². The lowest BCUT2D eigenvalue weighted by molar-refractivity contribution is -0.147. The molecular weight excluding hydrogens is 260 g/mol. The molecule has 1 atom stereocenters. The molecule has 2 heterocycles. The van der Waals surface area contributed by atoms with Crippen LogP contribution in [0, 0.1) is 19.3 Å². The van der Waals surface area contributed by atoms with E-state index < -0.39 is 22.9 Å². The molecule has 0 radical (unpaired) electrons. The van der Waals surface area contributed by atoms with Gasteiger partial charge in [-0.15, -0.1) is 0 Å². The van der Waals surface area contributed by atoms with Crippen molar-refractivity contribution in [1.82, 2.24) is 9.88 Å². The Morgan fingerprint density at radius 3 is 2.55 bits per heavy atom. The summed E-state index contributed by atoms with van der Waals surface area (Å²) < 4.78 is 0. The van der Waals surface area contributed by atoms with Crippen LogP contribution in [-0.2, 0) is 4.79 Å². The van der Waals surface area contributed by atoms with Gasteiger partial charge in [0.1, 0.15) is 5.56 Å². The Kier molecular flexibility index (Phi) is 3.41. The van der Waals surface area contributed by atoms with E-state index in [0.717, 1.165) is 0 Å². The van der Waals surface area contributed by atoms with Gasteiger partial charge in [0.05, 0.1) is 5.41 Å². The van der Waals surface area contributed by atoms with Crippen molar-refractivity contribution < 1.29 is 14.7 Å². The molecule has 6 heteroatoms. The number of rotatable bonds is 2. The first-order chi connectivity index (χ1) is 9.24. The van der Waals surface area contributed by atoms with Crippen LogP contribution in [0.15, 0.2) is 10.9 Å². The molecule has 2 N–H and O–H groups in total. The highest BCUT2D eigenvalue weighted by Crippen LogP contribution is 2.30. The van der Waals surface area contributed by atoms with Gasteiger partial charge in [-0.05, 0) is 38.8 Å². The summed E-state index contributed by atoms with van der Waals surface area (Å²) in [6, 6.07) is 1.74. The fraction of sp³-hybridized carbons (Fsp3) is 0.500. The minimum atomic E-state index is -0.930. The summed E-state index contributed by atoms with van der Waals surface area (Å²) in [5.41, 5.74) is 0.0591. The topological polar surface area (TPSA) is 90.5 Å². The third-order valence-corrected chi connectivity index (χ3v) is 3.86. The molecule has 1 aromatic heterocycles. The fourth-order valence-electron chi connectivity index (χ4n) is 2.59. The Morgan fingerprint density at radius 2 is 2.05 bits per heavy atom. The molecule has 0 saturated carbocycles. The summed E-state index contributed by atoms with van der Waals surface area (Å²) in [7, 11) is 0. The molecule has 1 amide bonds. The maximum Gasteiger partial charge on any atom is 0.311 e. The number of carbonyl (C=O) groups is 2. The maximum absolute atomic E-state index is 12.4. The lowest BCUT2D eigenvalue weighted by Gasteiger charge is -2.20. The third-order valence-electron chi connectivity index (χ3n) is 3.86. The normalized spacial score (nSPS) is 22.1. The van der Waals surface area contributed by atoms with Crippen LogP contribution in [-0.4, -0.2) is 40.0 Å². The predicted octanol–water partition coefficient (Wildman–Crippen LogP) is 0.929. The zero-order chi connectivity index (χ0) is 15.1. The monoisotopic (exact) mass is 278 g/mol. The number of likely N-dealkylation sites (tertiary alicyclic amines) is 1. The SMILES string of the molecule is Cc1cc(C)c(C(=O)N2CCC(C)(C(=O)O)C2)c(=O)[nH]1. The van der Waals surface area contributed by atoms with Crippen molar-refractivity contribution in [1.29, 1.82) is 0 Å². The number of aliphatic carboxylic acids is 1. The number of hydrogen-bond donors (Lipinski definition) is 2. The molecule has 0 aromatic carbocycles. The first kappa shape index (κ1) is 14.3. The van der Waals surface area contributed by atoms with E-state index in [-0.39, 0.29) is 12.1 Å².